The summed E-state index contributed by atoms with van der Waals surface area (Å²) in [5.74, 6) is -6.61. The Bertz CT molecular complexity index is 4060. The minimum Gasteiger partial charge on any atom is -0.481 e. The molecule has 0 radical (unpaired) electrons. The van der Waals surface area contributed by atoms with Crippen LogP contribution in [0.1, 0.15) is 158 Å². The zero-order chi connectivity index (χ0) is 64.4. The Morgan fingerprint density at radius 3 is 2.07 bits per heavy atom. The summed E-state index contributed by atoms with van der Waals surface area (Å²) in [4.78, 5) is 146. The number of ether oxygens (including phenoxy) is 1. The molecule has 23 nitrogen and oxygen atoms in total. The molecule has 29 heteroatoms. The van der Waals surface area contributed by atoms with Gasteiger partial charge in [-0.2, -0.15) is 0 Å². The van der Waals surface area contributed by atoms with E-state index in [1.165, 1.54) is 82.2 Å². The lowest BCUT2D eigenvalue weighted by Gasteiger charge is -2.42. The molecule has 4 atom stereocenters. The largest absolute Gasteiger partial charge is 0.481 e. The maximum absolute atomic E-state index is 14.5. The number of thiazole rings is 6. The van der Waals surface area contributed by atoms with Gasteiger partial charge in [0.25, 0.3) is 11.8 Å². The van der Waals surface area contributed by atoms with Gasteiger partial charge in [-0.25, -0.2) is 34.9 Å². The van der Waals surface area contributed by atoms with Crippen LogP contribution in [-0.2, 0) is 35.3 Å². The third kappa shape index (κ3) is 14.1. The number of amides is 5. The Hall–Kier alpha value is -7.93. The van der Waals surface area contributed by atoms with Crippen LogP contribution in [0.3, 0.4) is 0 Å². The standard InChI is InChI=1S/C62H64N12O11S6/c1-28(2)37-20-43(75)49-30(4)90-58(72-49)39(21-46(76)63-5)66-52(78)41-25-86-54(68-41)36-16-17-38(56-70-45(27-89-56)74(35-18-34(19-35)62(83)84)60(80)32-12-14-33(15-13-32)61(81)82)65-50(36)40-24-87-57(67-40)42-26-88-59(69-42)48(29(3)31-10-8-7-9-11-31)71-47(77)22-64-53(79)51-44(23-85-6)91-55(37)73-51/h7-11,16-17,24-29,32-35,37,39,48H,12-15,18-23H2,1-6H3,(H,63,76)(H,64,79)(H,66,78)(H,71,77)(H,81,82)(H,83,84)/t29-,32?,33?,34?,35?,37?,39-,48-/m0/s1. The number of pyridine rings is 1. The second kappa shape index (κ2) is 27.9. The first-order valence-corrected chi connectivity index (χ1v) is 34.7. The Morgan fingerprint density at radius 1 is 0.681 bits per heavy atom. The van der Waals surface area contributed by atoms with E-state index in [4.69, 9.17) is 39.6 Å². The molecular formula is C62H64N12O11S6. The molecule has 0 saturated heterocycles. The lowest BCUT2D eigenvalue weighted by molar-refractivity contribution is -0.145. The van der Waals surface area contributed by atoms with E-state index in [0.29, 0.717) is 99.6 Å². The molecular weight excluding hydrogens is 1280 g/mol. The zero-order valence-electron chi connectivity index (χ0n) is 50.2. The van der Waals surface area contributed by atoms with Crippen molar-refractivity contribution in [1.29, 1.82) is 0 Å². The third-order valence-corrected chi connectivity index (χ3v) is 22.5. The van der Waals surface area contributed by atoms with Crippen molar-refractivity contribution < 1.29 is 53.3 Å². The van der Waals surface area contributed by atoms with Crippen LogP contribution < -0.4 is 26.2 Å². The number of methoxy groups -OCH3 is 1. The van der Waals surface area contributed by atoms with Crippen LogP contribution in [0.5, 0.6) is 0 Å². The maximum atomic E-state index is 14.5. The number of aromatic nitrogens is 7. The number of aliphatic carboxylic acids is 2. The van der Waals surface area contributed by atoms with Crippen molar-refractivity contribution in [1.82, 2.24) is 56.2 Å². The molecule has 2 fully saturated rings. The number of aryl methyl sites for hydroxylation is 1. The molecule has 11 rings (SSSR count). The molecule has 1 aliphatic heterocycles. The van der Waals surface area contributed by atoms with Gasteiger partial charge >= 0.3 is 11.9 Å². The van der Waals surface area contributed by atoms with Crippen LogP contribution in [0.4, 0.5) is 5.82 Å². The topological polar surface area (TPSA) is 328 Å². The van der Waals surface area contributed by atoms with Crippen molar-refractivity contribution in [2.24, 2.45) is 23.7 Å². The lowest BCUT2D eigenvalue weighted by Crippen LogP contribution is -2.52. The van der Waals surface area contributed by atoms with E-state index in [1.807, 2.05) is 61.9 Å². The van der Waals surface area contributed by atoms with Gasteiger partial charge in [-0.15, -0.1) is 68.0 Å². The fourth-order valence-corrected chi connectivity index (χ4v) is 17.1. The first kappa shape index (κ1) is 64.6. The number of nitrogens with zero attached hydrogens (tertiary/aromatic N) is 8. The highest BCUT2D eigenvalue weighted by Crippen LogP contribution is 2.44. The van der Waals surface area contributed by atoms with Gasteiger partial charge < -0.3 is 36.2 Å². The molecule has 6 N–H and O–H groups in total. The molecule has 1 unspecified atom stereocenters. The van der Waals surface area contributed by atoms with Gasteiger partial charge in [-0.1, -0.05) is 51.1 Å². The summed E-state index contributed by atoms with van der Waals surface area (Å²) < 4.78 is 5.51. The molecule has 474 valence electrons. The highest BCUT2D eigenvalue weighted by molar-refractivity contribution is 7.15. The van der Waals surface area contributed by atoms with E-state index >= 15 is 0 Å². The van der Waals surface area contributed by atoms with Crippen molar-refractivity contribution in [2.45, 2.75) is 116 Å². The normalized spacial score (nSPS) is 21.0. The molecule has 3 aliphatic rings. The lowest BCUT2D eigenvalue weighted by atomic mass is 9.77. The fourth-order valence-electron chi connectivity index (χ4n) is 11.4. The number of nitrogens with one attached hydrogen (secondary N) is 4. The van der Waals surface area contributed by atoms with E-state index in [1.54, 1.807) is 34.7 Å². The van der Waals surface area contributed by atoms with Crippen LogP contribution >= 0.6 is 68.0 Å². The van der Waals surface area contributed by atoms with Crippen LogP contribution in [0.25, 0.3) is 43.4 Å². The summed E-state index contributed by atoms with van der Waals surface area (Å²) in [5.41, 5.74) is 3.43. The highest BCUT2D eigenvalue weighted by atomic mass is 32.1. The molecule has 5 amide bonds. The second-order valence-electron chi connectivity index (χ2n) is 23.0. The Balaban J connectivity index is 0.982. The number of anilines is 1. The maximum Gasteiger partial charge on any atom is 0.306 e. The molecule has 1 aromatic carbocycles. The number of Topliss-reactive ketones (excluding diaryl/α,β-unsaturated/α-hetero) is 1. The van der Waals surface area contributed by atoms with Crippen molar-refractivity contribution in [3.8, 4) is 43.4 Å². The smallest absolute Gasteiger partial charge is 0.306 e. The predicted molar refractivity (Wildman–Crippen MR) is 347 cm³/mol. The number of carbonyl (C=O) groups excluding carboxylic acids is 6. The SMILES string of the molecule is CNC(=O)C[C@@H]1NC(=O)c2csc(n2)-c2ccc(-c3nc(N(C(=O)C4CCC(C(=O)O)CC4)C4CC(C(=O)O)C4)cs3)nc2-c2csc(n2)-c2csc(n2)[C@H]([C@@H](C)c2ccccc2)NC(=O)CNC(=O)c2nc(sc2COC)C(C(C)C)CC(=O)c2nc1sc2C. The highest BCUT2D eigenvalue weighted by Gasteiger charge is 2.44. The fraction of sp³-hybridized carbons (Fsp3) is 0.403. The number of ketones is 1. The number of fused-ring (bicyclic) bond motifs is 14. The summed E-state index contributed by atoms with van der Waals surface area (Å²) in [6.45, 7) is 7.30. The third-order valence-electron chi connectivity index (χ3n) is 16.7. The number of benzene rings is 1. The minimum absolute atomic E-state index is 0.0283. The molecule has 2 aliphatic carbocycles. The Morgan fingerprint density at radius 2 is 1.35 bits per heavy atom. The van der Waals surface area contributed by atoms with Gasteiger partial charge in [0.2, 0.25) is 17.7 Å². The molecule has 0 spiro atoms. The number of carboxylic acids is 2. The second-order valence-corrected chi connectivity index (χ2v) is 28.8. The van der Waals surface area contributed by atoms with Crippen molar-refractivity contribution >= 4 is 121 Å². The van der Waals surface area contributed by atoms with Gasteiger partial charge in [0.15, 0.2) is 5.78 Å². The van der Waals surface area contributed by atoms with Crippen LogP contribution in [0.15, 0.2) is 64.0 Å². The molecule has 91 heavy (non-hydrogen) atoms. The van der Waals surface area contributed by atoms with E-state index in [2.05, 4.69) is 21.3 Å². The van der Waals surface area contributed by atoms with Gasteiger partial charge in [0.1, 0.15) is 65.0 Å². The predicted octanol–water partition coefficient (Wildman–Crippen LogP) is 10.4. The quantitative estimate of drug-likeness (QED) is 0.0625. The summed E-state index contributed by atoms with van der Waals surface area (Å²) >= 11 is 7.51. The number of hydrogen-bond donors (Lipinski definition) is 6. The van der Waals surface area contributed by atoms with Crippen LogP contribution in [-0.4, -0.2) is 119 Å². The average molecular weight is 1350 g/mol. The summed E-state index contributed by atoms with van der Waals surface area (Å²) in [7, 11) is 2.98. The van der Waals surface area contributed by atoms with E-state index in [0.717, 1.165) is 5.56 Å². The van der Waals surface area contributed by atoms with E-state index < -0.39 is 83.9 Å². The van der Waals surface area contributed by atoms with Gasteiger partial charge in [0.05, 0.1) is 59.1 Å². The molecule has 8 heterocycles. The minimum atomic E-state index is -0.976. The van der Waals surface area contributed by atoms with Gasteiger partial charge in [0, 0.05) is 76.3 Å². The Labute approximate surface area is 546 Å². The van der Waals surface area contributed by atoms with Crippen LogP contribution in [0.2, 0.25) is 0 Å². The average Bonchev–Trinajstić information content (AvgIpc) is 1.79. The number of rotatable bonds is 13. The molecule has 7 aromatic heterocycles. The molecule has 8 aromatic rings. The number of hydrogen-bond acceptors (Lipinski definition) is 22. The molecule has 10 bridgehead atoms. The number of carboxylic acid groups (broad SMARTS) is 2. The summed E-state index contributed by atoms with van der Waals surface area (Å²) in [5, 5.41) is 40.8. The summed E-state index contributed by atoms with van der Waals surface area (Å²) in [6.07, 6.45) is 1.70. The van der Waals surface area contributed by atoms with E-state index in [-0.39, 0.29) is 72.9 Å². The van der Waals surface area contributed by atoms with E-state index in [9.17, 15) is 48.6 Å². The van der Waals surface area contributed by atoms with Crippen molar-refractivity contribution in [2.75, 3.05) is 25.6 Å². The van der Waals surface area contributed by atoms with Crippen molar-refractivity contribution in [3.05, 3.63) is 111 Å². The Kier molecular flexibility index (Phi) is 19.8. The summed E-state index contributed by atoms with van der Waals surface area (Å²) in [6, 6.07) is 11.2. The van der Waals surface area contributed by atoms with Crippen LogP contribution in [0, 0.1) is 30.6 Å². The monoisotopic (exact) mass is 1340 g/mol. The first-order valence-electron chi connectivity index (χ1n) is 29.5. The molecule has 2 saturated carbocycles. The first-order chi connectivity index (χ1) is 43.7. The number of carbonyl (C=O) groups is 8. The van der Waals surface area contributed by atoms with Gasteiger partial charge in [-0.3, -0.25) is 43.3 Å². The van der Waals surface area contributed by atoms with Crippen molar-refractivity contribution in [3.63, 3.8) is 0 Å². The van der Waals surface area contributed by atoms with Gasteiger partial charge in [-0.05, 0) is 69.1 Å². The zero-order valence-corrected chi connectivity index (χ0v) is 55.1.